The third-order valence-electron chi connectivity index (χ3n) is 8.39. The molecule has 7 nitrogen and oxygen atoms in total. The molecule has 0 aliphatic carbocycles. The third-order valence-corrected chi connectivity index (χ3v) is 8.39. The van der Waals surface area contributed by atoms with Gasteiger partial charge in [0.25, 0.3) is 5.91 Å². The van der Waals surface area contributed by atoms with Crippen LogP contribution >= 0.6 is 0 Å². The molecule has 40 heavy (non-hydrogen) atoms. The summed E-state index contributed by atoms with van der Waals surface area (Å²) in [4.78, 5) is 16.0. The summed E-state index contributed by atoms with van der Waals surface area (Å²) in [6, 6.07) is 26.4. The number of halogens is 1. The number of para-hydroxylation sites is 2. The first-order chi connectivity index (χ1) is 19.2. The van der Waals surface area contributed by atoms with Crippen LogP contribution in [0.1, 0.15) is 50.1 Å². The number of alkyl halides is 1. The molecule has 0 radical (unpaired) electrons. The molecule has 2 aliphatic heterocycles. The average molecular weight is 541 g/mol. The molecule has 4 aromatic rings. The molecule has 6 rings (SSSR count). The molecule has 5 atom stereocenters. The predicted molar refractivity (Wildman–Crippen MR) is 150 cm³/mol. The number of aryl methyl sites for hydroxylation is 1. The Morgan fingerprint density at radius 2 is 1.68 bits per heavy atom. The van der Waals surface area contributed by atoms with Gasteiger partial charge in [0.1, 0.15) is 17.5 Å². The molecule has 1 amide bonds. The van der Waals surface area contributed by atoms with Crippen LogP contribution in [-0.2, 0) is 21.7 Å². The number of ether oxygens (including phenoxy) is 1. The van der Waals surface area contributed by atoms with E-state index in [1.54, 1.807) is 29.6 Å². The molecule has 8 heteroatoms. The summed E-state index contributed by atoms with van der Waals surface area (Å²) in [7, 11) is 0. The quantitative estimate of drug-likeness (QED) is 0.324. The highest BCUT2D eigenvalue weighted by Crippen LogP contribution is 2.59. The normalized spacial score (nSPS) is 25.0. The molecule has 1 aromatic heterocycles. The minimum Gasteiger partial charge on any atom is -0.382 e. The standard InChI is InChI=1S/C32H33FN4O3/c1-21-28(31(2,3)33)27(18-19-36-20-25(34-35-36)29(38)22-12-6-4-7-13-22)40-32(21)24-16-10-11-17-26(24)37(30(32)39)23-14-8-5-9-15-23/h4-17,20-21,27-29,38H,18-19H2,1-3H3/t21-,27+,28-,29+,32+/m0/s1. The highest BCUT2D eigenvalue weighted by Gasteiger charge is 2.66. The molecule has 0 bridgehead atoms. The van der Waals surface area contributed by atoms with E-state index in [1.807, 2.05) is 91.9 Å². The summed E-state index contributed by atoms with van der Waals surface area (Å²) >= 11 is 0. The van der Waals surface area contributed by atoms with E-state index in [2.05, 4.69) is 10.3 Å². The van der Waals surface area contributed by atoms with E-state index in [1.165, 1.54) is 0 Å². The van der Waals surface area contributed by atoms with Crippen molar-refractivity contribution < 1.29 is 19.0 Å². The second kappa shape index (κ2) is 9.94. The van der Waals surface area contributed by atoms with Gasteiger partial charge in [-0.1, -0.05) is 78.9 Å². The zero-order valence-electron chi connectivity index (χ0n) is 22.8. The minimum atomic E-state index is -1.60. The number of carbonyl (C=O) groups excluding carboxylic acids is 1. The maximum Gasteiger partial charge on any atom is 0.268 e. The summed E-state index contributed by atoms with van der Waals surface area (Å²) < 4.78 is 24.3. The smallest absolute Gasteiger partial charge is 0.268 e. The summed E-state index contributed by atoms with van der Waals surface area (Å²) in [5.74, 6) is -1.16. The Hall–Kier alpha value is -3.88. The van der Waals surface area contributed by atoms with Crippen molar-refractivity contribution in [1.29, 1.82) is 0 Å². The Morgan fingerprint density at radius 3 is 2.38 bits per heavy atom. The van der Waals surface area contributed by atoms with Crippen molar-refractivity contribution in [1.82, 2.24) is 15.0 Å². The Kier molecular flexibility index (Phi) is 6.55. The number of aromatic nitrogens is 3. The van der Waals surface area contributed by atoms with Crippen LogP contribution in [0.25, 0.3) is 0 Å². The zero-order chi connectivity index (χ0) is 28.1. The molecule has 206 valence electrons. The number of fused-ring (bicyclic) bond motifs is 2. The lowest BCUT2D eigenvalue weighted by Crippen LogP contribution is -2.44. The summed E-state index contributed by atoms with van der Waals surface area (Å²) in [5, 5.41) is 19.1. The van der Waals surface area contributed by atoms with Gasteiger partial charge in [-0.15, -0.1) is 5.10 Å². The Bertz CT molecular complexity index is 1500. The van der Waals surface area contributed by atoms with E-state index >= 15 is 4.39 Å². The van der Waals surface area contributed by atoms with Crippen LogP contribution in [0.15, 0.2) is 91.1 Å². The number of anilines is 2. The van der Waals surface area contributed by atoms with Crippen LogP contribution < -0.4 is 4.90 Å². The van der Waals surface area contributed by atoms with Gasteiger partial charge in [-0.25, -0.2) is 4.39 Å². The van der Waals surface area contributed by atoms with Gasteiger partial charge in [-0.3, -0.25) is 14.4 Å². The van der Waals surface area contributed by atoms with Gasteiger partial charge in [-0.05, 0) is 44.0 Å². The fourth-order valence-corrected chi connectivity index (χ4v) is 6.64. The summed E-state index contributed by atoms with van der Waals surface area (Å²) in [6.07, 6.45) is 0.688. The topological polar surface area (TPSA) is 80.5 Å². The Morgan fingerprint density at radius 1 is 1.02 bits per heavy atom. The van der Waals surface area contributed by atoms with Crippen molar-refractivity contribution in [2.45, 2.75) is 57.2 Å². The lowest BCUT2D eigenvalue weighted by Gasteiger charge is -2.32. The number of nitrogens with zero attached hydrogens (tertiary/aromatic N) is 4. The molecule has 1 saturated heterocycles. The maximum absolute atomic E-state index is 15.9. The fourth-order valence-electron chi connectivity index (χ4n) is 6.64. The van der Waals surface area contributed by atoms with Crippen molar-refractivity contribution in [2.75, 3.05) is 4.90 Å². The lowest BCUT2D eigenvalue weighted by molar-refractivity contribution is -0.145. The largest absolute Gasteiger partial charge is 0.382 e. The maximum atomic E-state index is 15.9. The van der Waals surface area contributed by atoms with Gasteiger partial charge in [0.15, 0.2) is 5.60 Å². The molecular weight excluding hydrogens is 507 g/mol. The first-order valence-electron chi connectivity index (χ1n) is 13.7. The highest BCUT2D eigenvalue weighted by molar-refractivity contribution is 6.12. The van der Waals surface area contributed by atoms with E-state index in [9.17, 15) is 9.90 Å². The van der Waals surface area contributed by atoms with Crippen molar-refractivity contribution >= 4 is 17.3 Å². The van der Waals surface area contributed by atoms with E-state index < -0.39 is 35.3 Å². The number of amides is 1. The third kappa shape index (κ3) is 4.22. The molecule has 3 heterocycles. The number of hydrogen-bond acceptors (Lipinski definition) is 5. The SMILES string of the molecule is C[C@H]1[C@H](C(C)(C)F)[C@@H](CCn2cc([C@H](O)c3ccccc3)nn2)O[C@]12C(=O)N(c1ccccc1)c1ccccc12. The second-order valence-electron chi connectivity index (χ2n) is 11.3. The average Bonchev–Trinajstić information content (AvgIpc) is 3.62. The number of rotatable bonds is 7. The van der Waals surface area contributed by atoms with E-state index in [-0.39, 0.29) is 5.91 Å². The van der Waals surface area contributed by atoms with Gasteiger partial charge < -0.3 is 9.84 Å². The molecular formula is C32H33FN4O3. The number of carbonyl (C=O) groups is 1. The first kappa shape index (κ1) is 26.3. The van der Waals surface area contributed by atoms with Gasteiger partial charge in [-0.2, -0.15) is 0 Å². The van der Waals surface area contributed by atoms with Crippen molar-refractivity contribution in [3.05, 3.63) is 108 Å². The molecule has 1 N–H and O–H groups in total. The molecule has 1 spiro atoms. The van der Waals surface area contributed by atoms with Crippen LogP contribution in [0.3, 0.4) is 0 Å². The van der Waals surface area contributed by atoms with Gasteiger partial charge >= 0.3 is 0 Å². The molecule has 1 fully saturated rings. The van der Waals surface area contributed by atoms with Crippen molar-refractivity contribution in [3.63, 3.8) is 0 Å². The van der Waals surface area contributed by atoms with Crippen molar-refractivity contribution in [3.8, 4) is 0 Å². The van der Waals surface area contributed by atoms with Crippen LogP contribution in [0, 0.1) is 11.8 Å². The van der Waals surface area contributed by atoms with E-state index in [0.29, 0.717) is 18.7 Å². The predicted octanol–water partition coefficient (Wildman–Crippen LogP) is 5.72. The van der Waals surface area contributed by atoms with E-state index in [0.717, 1.165) is 22.5 Å². The Balaban J connectivity index is 1.30. The van der Waals surface area contributed by atoms with Gasteiger partial charge in [0, 0.05) is 29.6 Å². The Labute approximate surface area is 233 Å². The van der Waals surface area contributed by atoms with Crippen LogP contribution in [0.5, 0.6) is 0 Å². The van der Waals surface area contributed by atoms with E-state index in [4.69, 9.17) is 4.74 Å². The minimum absolute atomic E-state index is 0.196. The number of aliphatic hydroxyl groups is 1. The zero-order valence-corrected chi connectivity index (χ0v) is 22.8. The van der Waals surface area contributed by atoms with Gasteiger partial charge in [0.05, 0.1) is 18.0 Å². The fraction of sp³-hybridized carbons (Fsp3) is 0.344. The summed E-state index contributed by atoms with van der Waals surface area (Å²) in [6.45, 7) is 5.45. The van der Waals surface area contributed by atoms with Gasteiger partial charge in [0.2, 0.25) is 0 Å². The second-order valence-corrected chi connectivity index (χ2v) is 11.3. The van der Waals surface area contributed by atoms with Crippen LogP contribution in [0.4, 0.5) is 15.8 Å². The highest BCUT2D eigenvalue weighted by atomic mass is 19.1. The molecule has 0 saturated carbocycles. The molecule has 3 aromatic carbocycles. The van der Waals surface area contributed by atoms with Crippen LogP contribution in [-0.4, -0.2) is 37.8 Å². The summed E-state index contributed by atoms with van der Waals surface area (Å²) in [5.41, 5.74) is 0.537. The van der Waals surface area contributed by atoms with Crippen molar-refractivity contribution in [2.24, 2.45) is 11.8 Å². The molecule has 2 aliphatic rings. The first-order valence-corrected chi connectivity index (χ1v) is 13.7. The number of benzene rings is 3. The lowest BCUT2D eigenvalue weighted by atomic mass is 9.71. The van der Waals surface area contributed by atoms with Crippen LogP contribution in [0.2, 0.25) is 0 Å². The molecule has 0 unspecified atom stereocenters. The monoisotopic (exact) mass is 540 g/mol. The number of aliphatic hydroxyl groups excluding tert-OH is 1. The number of hydrogen-bond donors (Lipinski definition) is 1.